The molecule has 2 N–H and O–H groups in total. The molecule has 3 aromatic carbocycles. The summed E-state index contributed by atoms with van der Waals surface area (Å²) in [5, 5.41) is 11.2. The number of aromatic amines is 1. The van der Waals surface area contributed by atoms with Gasteiger partial charge in [-0.2, -0.15) is 0 Å². The molecule has 124 valence electrons. The normalized spacial score (nSPS) is 14.6. The SMILES string of the molecule is Oc1cccc(/C(=C2/C=Nc3ccccc32)c2c[nH]c3ccccc23)c1. The lowest BCUT2D eigenvalue weighted by Gasteiger charge is -2.12. The van der Waals surface area contributed by atoms with Gasteiger partial charge < -0.3 is 10.1 Å². The van der Waals surface area contributed by atoms with Crippen molar-refractivity contribution in [3.63, 3.8) is 0 Å². The van der Waals surface area contributed by atoms with Crippen molar-refractivity contribution in [2.24, 2.45) is 4.99 Å². The van der Waals surface area contributed by atoms with Crippen LogP contribution in [0.3, 0.4) is 0 Å². The molecular weight excluding hydrogens is 320 g/mol. The fraction of sp³-hybridized carbons (Fsp3) is 0. The second-order valence-corrected chi connectivity index (χ2v) is 6.36. The van der Waals surface area contributed by atoms with Crippen LogP contribution >= 0.6 is 0 Å². The predicted octanol–water partition coefficient (Wildman–Crippen LogP) is 5.55. The summed E-state index contributed by atoms with van der Waals surface area (Å²) in [5.74, 6) is 0.253. The first-order valence-corrected chi connectivity index (χ1v) is 8.55. The first-order chi connectivity index (χ1) is 12.8. The van der Waals surface area contributed by atoms with Gasteiger partial charge in [0.25, 0.3) is 0 Å². The van der Waals surface area contributed by atoms with Gasteiger partial charge in [0, 0.05) is 45.6 Å². The zero-order chi connectivity index (χ0) is 17.5. The zero-order valence-corrected chi connectivity index (χ0v) is 14.0. The van der Waals surface area contributed by atoms with Gasteiger partial charge in [0.1, 0.15) is 5.75 Å². The molecule has 0 atom stereocenters. The Kier molecular flexibility index (Phi) is 3.25. The van der Waals surface area contributed by atoms with Crippen LogP contribution < -0.4 is 0 Å². The van der Waals surface area contributed by atoms with E-state index in [0.29, 0.717) is 0 Å². The molecule has 0 unspecified atom stereocenters. The first-order valence-electron chi connectivity index (χ1n) is 8.55. The molecule has 3 nitrogen and oxygen atoms in total. The van der Waals surface area contributed by atoms with E-state index < -0.39 is 0 Å². The number of phenolic OH excluding ortho intramolecular Hbond substituents is 1. The predicted molar refractivity (Wildman–Crippen MR) is 107 cm³/mol. The van der Waals surface area contributed by atoms with Crippen molar-refractivity contribution in [3.8, 4) is 5.75 Å². The fourth-order valence-electron chi connectivity index (χ4n) is 3.61. The van der Waals surface area contributed by atoms with E-state index in [1.807, 2.05) is 54.9 Å². The van der Waals surface area contributed by atoms with Gasteiger partial charge in [0.05, 0.1) is 5.69 Å². The Hall–Kier alpha value is -3.59. The first kappa shape index (κ1) is 14.7. The van der Waals surface area contributed by atoms with E-state index >= 15 is 0 Å². The highest BCUT2D eigenvalue weighted by atomic mass is 16.3. The Morgan fingerprint density at radius 2 is 1.73 bits per heavy atom. The van der Waals surface area contributed by atoms with Crippen LogP contribution in [-0.2, 0) is 0 Å². The van der Waals surface area contributed by atoms with Crippen LogP contribution in [0, 0.1) is 0 Å². The number of benzene rings is 3. The smallest absolute Gasteiger partial charge is 0.116 e. The van der Waals surface area contributed by atoms with Crippen LogP contribution in [-0.4, -0.2) is 16.3 Å². The minimum atomic E-state index is 0.253. The highest BCUT2D eigenvalue weighted by molar-refractivity contribution is 6.27. The molecule has 1 aliphatic rings. The van der Waals surface area contributed by atoms with Gasteiger partial charge in [-0.25, -0.2) is 0 Å². The van der Waals surface area contributed by atoms with Gasteiger partial charge in [-0.3, -0.25) is 4.99 Å². The Labute approximate surface area is 151 Å². The molecule has 0 spiro atoms. The summed E-state index contributed by atoms with van der Waals surface area (Å²) in [6.07, 6.45) is 3.96. The molecule has 3 heteroatoms. The molecule has 0 aliphatic carbocycles. The molecule has 26 heavy (non-hydrogen) atoms. The number of H-pyrrole nitrogens is 1. The maximum Gasteiger partial charge on any atom is 0.116 e. The molecule has 0 amide bonds. The average Bonchev–Trinajstić information content (AvgIpc) is 3.28. The maximum atomic E-state index is 10.0. The monoisotopic (exact) mass is 336 g/mol. The molecule has 0 radical (unpaired) electrons. The summed E-state index contributed by atoms with van der Waals surface area (Å²) < 4.78 is 0. The van der Waals surface area contributed by atoms with E-state index in [1.165, 1.54) is 0 Å². The standard InChI is InChI=1S/C23H16N2O/c26-16-7-5-6-15(12-16)23(19-13-24-21-10-3-1-8-17(19)21)20-14-25-22-11-4-2-9-18(20)22/h1-14,24,26H/b23-20+. The number of hydrogen-bond donors (Lipinski definition) is 2. The number of fused-ring (bicyclic) bond motifs is 2. The number of aliphatic imine (C=N–C) groups is 1. The number of para-hydroxylation sites is 2. The molecule has 1 aromatic heterocycles. The summed E-state index contributed by atoms with van der Waals surface area (Å²) in [6.45, 7) is 0. The molecule has 5 rings (SSSR count). The summed E-state index contributed by atoms with van der Waals surface area (Å²) in [4.78, 5) is 7.94. The number of nitrogens with zero attached hydrogens (tertiary/aromatic N) is 1. The molecule has 0 fully saturated rings. The summed E-state index contributed by atoms with van der Waals surface area (Å²) >= 11 is 0. The highest BCUT2D eigenvalue weighted by Gasteiger charge is 2.20. The van der Waals surface area contributed by atoms with E-state index in [1.54, 1.807) is 12.1 Å². The number of phenols is 1. The van der Waals surface area contributed by atoms with Crippen LogP contribution in [0.4, 0.5) is 5.69 Å². The topological polar surface area (TPSA) is 48.4 Å². The van der Waals surface area contributed by atoms with Crippen LogP contribution in [0.1, 0.15) is 16.7 Å². The van der Waals surface area contributed by atoms with Crippen molar-refractivity contribution in [2.75, 3.05) is 0 Å². The van der Waals surface area contributed by atoms with Gasteiger partial charge >= 0.3 is 0 Å². The molecule has 1 aliphatic heterocycles. The minimum Gasteiger partial charge on any atom is -0.508 e. The molecule has 0 saturated heterocycles. The largest absolute Gasteiger partial charge is 0.508 e. The van der Waals surface area contributed by atoms with E-state index in [2.05, 4.69) is 28.2 Å². The summed E-state index contributed by atoms with van der Waals surface area (Å²) in [5.41, 5.74) is 7.36. The summed E-state index contributed by atoms with van der Waals surface area (Å²) in [6, 6.07) is 23.8. The Balaban J connectivity index is 1.86. The van der Waals surface area contributed by atoms with Crippen molar-refractivity contribution < 1.29 is 5.11 Å². The Bertz CT molecular complexity index is 1200. The van der Waals surface area contributed by atoms with Gasteiger partial charge in [0.2, 0.25) is 0 Å². The number of nitrogens with one attached hydrogen (secondary N) is 1. The van der Waals surface area contributed by atoms with E-state index in [9.17, 15) is 5.11 Å². The number of allylic oxidation sites excluding steroid dienone is 1. The van der Waals surface area contributed by atoms with Crippen LogP contribution in [0.2, 0.25) is 0 Å². The van der Waals surface area contributed by atoms with Crippen LogP contribution in [0.15, 0.2) is 84.0 Å². The second kappa shape index (κ2) is 5.74. The van der Waals surface area contributed by atoms with Crippen LogP contribution in [0.5, 0.6) is 5.75 Å². The lowest BCUT2D eigenvalue weighted by Crippen LogP contribution is -1.93. The van der Waals surface area contributed by atoms with E-state index in [-0.39, 0.29) is 5.75 Å². The Morgan fingerprint density at radius 3 is 2.65 bits per heavy atom. The number of rotatable bonds is 2. The third-order valence-electron chi connectivity index (χ3n) is 4.79. The lowest BCUT2D eigenvalue weighted by molar-refractivity contribution is 0.475. The van der Waals surface area contributed by atoms with Crippen molar-refractivity contribution >= 4 is 34.0 Å². The van der Waals surface area contributed by atoms with Gasteiger partial charge in [-0.15, -0.1) is 0 Å². The molecule has 0 bridgehead atoms. The van der Waals surface area contributed by atoms with E-state index in [4.69, 9.17) is 0 Å². The van der Waals surface area contributed by atoms with Crippen molar-refractivity contribution in [3.05, 3.63) is 95.7 Å². The molecule has 0 saturated carbocycles. The molecule has 4 aromatic rings. The Morgan fingerprint density at radius 1 is 0.885 bits per heavy atom. The quantitative estimate of drug-likeness (QED) is 0.495. The highest BCUT2D eigenvalue weighted by Crippen LogP contribution is 2.41. The average molecular weight is 336 g/mol. The molecule has 2 heterocycles. The number of aromatic nitrogens is 1. The van der Waals surface area contributed by atoms with Crippen molar-refractivity contribution in [2.45, 2.75) is 0 Å². The van der Waals surface area contributed by atoms with E-state index in [0.717, 1.165) is 44.4 Å². The van der Waals surface area contributed by atoms with Crippen LogP contribution in [0.25, 0.3) is 22.0 Å². The number of aromatic hydroxyl groups is 1. The van der Waals surface area contributed by atoms with Gasteiger partial charge in [-0.1, -0.05) is 48.5 Å². The fourth-order valence-corrected chi connectivity index (χ4v) is 3.61. The van der Waals surface area contributed by atoms with Gasteiger partial charge in [-0.05, 0) is 29.8 Å². The minimum absolute atomic E-state index is 0.253. The van der Waals surface area contributed by atoms with Gasteiger partial charge in [0.15, 0.2) is 0 Å². The molecular formula is C23H16N2O. The summed E-state index contributed by atoms with van der Waals surface area (Å²) in [7, 11) is 0. The van der Waals surface area contributed by atoms with Crippen molar-refractivity contribution in [1.82, 2.24) is 4.98 Å². The third kappa shape index (κ3) is 2.25. The number of hydrogen-bond acceptors (Lipinski definition) is 2. The third-order valence-corrected chi connectivity index (χ3v) is 4.79. The second-order valence-electron chi connectivity index (χ2n) is 6.36. The lowest BCUT2D eigenvalue weighted by atomic mass is 9.90. The van der Waals surface area contributed by atoms with Crippen molar-refractivity contribution in [1.29, 1.82) is 0 Å². The zero-order valence-electron chi connectivity index (χ0n) is 14.0. The maximum absolute atomic E-state index is 10.0.